The first-order valence-electron chi connectivity index (χ1n) is 8.19. The molecule has 0 bridgehead atoms. The molecule has 0 radical (unpaired) electrons. The van der Waals surface area contributed by atoms with Gasteiger partial charge in [-0.1, -0.05) is 26.7 Å². The lowest BCUT2D eigenvalue weighted by molar-refractivity contribution is -0.123. The maximum absolute atomic E-state index is 11.8. The van der Waals surface area contributed by atoms with E-state index < -0.39 is 0 Å². The largest absolute Gasteiger partial charge is 0.378 e. The molecule has 1 aliphatic rings. The van der Waals surface area contributed by atoms with Crippen LogP contribution >= 0.6 is 0 Å². The molecular formula is C16H32N2O2. The molecule has 4 heteroatoms. The van der Waals surface area contributed by atoms with Crippen LogP contribution in [-0.2, 0) is 9.53 Å². The summed E-state index contributed by atoms with van der Waals surface area (Å²) in [4.78, 5) is 11.8. The topological polar surface area (TPSA) is 50.4 Å². The van der Waals surface area contributed by atoms with Crippen molar-refractivity contribution >= 4 is 5.91 Å². The van der Waals surface area contributed by atoms with Crippen molar-refractivity contribution in [3.8, 4) is 0 Å². The summed E-state index contributed by atoms with van der Waals surface area (Å²) in [7, 11) is 0. The smallest absolute Gasteiger partial charge is 0.222 e. The molecule has 4 nitrogen and oxygen atoms in total. The summed E-state index contributed by atoms with van der Waals surface area (Å²) in [6, 6.07) is 0.278. The predicted molar refractivity (Wildman–Crippen MR) is 82.8 cm³/mol. The average Bonchev–Trinajstić information content (AvgIpc) is 2.39. The fourth-order valence-electron chi connectivity index (χ4n) is 2.53. The molecule has 20 heavy (non-hydrogen) atoms. The Kier molecular flexibility index (Phi) is 8.86. The van der Waals surface area contributed by atoms with E-state index in [1.165, 1.54) is 12.8 Å². The maximum atomic E-state index is 11.8. The van der Waals surface area contributed by atoms with E-state index in [1.807, 2.05) is 0 Å². The lowest BCUT2D eigenvalue weighted by atomic mass is 10.0. The minimum absolute atomic E-state index is 0.121. The molecule has 1 unspecified atom stereocenters. The SMILES string of the molecule is CC(C)CCCC(C)NC(=O)CCOC1CCNCC1. The van der Waals surface area contributed by atoms with Gasteiger partial charge < -0.3 is 15.4 Å². The molecule has 2 N–H and O–H groups in total. The highest BCUT2D eigenvalue weighted by Gasteiger charge is 2.14. The van der Waals surface area contributed by atoms with Crippen molar-refractivity contribution in [3.05, 3.63) is 0 Å². The summed E-state index contributed by atoms with van der Waals surface area (Å²) in [6.07, 6.45) is 6.44. The first-order chi connectivity index (χ1) is 9.58. The highest BCUT2D eigenvalue weighted by molar-refractivity contribution is 5.76. The van der Waals surface area contributed by atoms with Crippen molar-refractivity contribution in [1.82, 2.24) is 10.6 Å². The van der Waals surface area contributed by atoms with Gasteiger partial charge in [0.2, 0.25) is 5.91 Å². The summed E-state index contributed by atoms with van der Waals surface area (Å²) in [5.41, 5.74) is 0. The molecule has 0 saturated carbocycles. The first kappa shape index (κ1) is 17.4. The van der Waals surface area contributed by atoms with Crippen LogP contribution in [0.2, 0.25) is 0 Å². The monoisotopic (exact) mass is 284 g/mol. The van der Waals surface area contributed by atoms with Crippen LogP contribution in [-0.4, -0.2) is 37.7 Å². The number of nitrogens with one attached hydrogen (secondary N) is 2. The van der Waals surface area contributed by atoms with Crippen LogP contribution < -0.4 is 10.6 Å². The molecule has 1 rings (SSSR count). The van der Waals surface area contributed by atoms with Crippen LogP contribution in [0.15, 0.2) is 0 Å². The normalized spacial score (nSPS) is 18.2. The second-order valence-electron chi connectivity index (χ2n) is 6.36. The van der Waals surface area contributed by atoms with Crippen LogP contribution in [0.1, 0.15) is 59.3 Å². The number of carbonyl (C=O) groups excluding carboxylic acids is 1. The summed E-state index contributed by atoms with van der Waals surface area (Å²) >= 11 is 0. The van der Waals surface area contributed by atoms with Crippen LogP contribution in [0.3, 0.4) is 0 Å². The van der Waals surface area contributed by atoms with Crippen LogP contribution in [0.5, 0.6) is 0 Å². The minimum atomic E-state index is 0.121. The quantitative estimate of drug-likeness (QED) is 0.684. The van der Waals surface area contributed by atoms with Crippen LogP contribution in [0.4, 0.5) is 0 Å². The average molecular weight is 284 g/mol. The van der Waals surface area contributed by atoms with Gasteiger partial charge >= 0.3 is 0 Å². The van der Waals surface area contributed by atoms with E-state index in [0.717, 1.165) is 38.3 Å². The predicted octanol–water partition coefficient (Wildman–Crippen LogP) is 2.48. The molecule has 1 saturated heterocycles. The highest BCUT2D eigenvalue weighted by Crippen LogP contribution is 2.09. The van der Waals surface area contributed by atoms with Gasteiger partial charge in [-0.25, -0.2) is 0 Å². The zero-order chi connectivity index (χ0) is 14.8. The van der Waals surface area contributed by atoms with E-state index >= 15 is 0 Å². The Labute approximate surface area is 124 Å². The van der Waals surface area contributed by atoms with Gasteiger partial charge in [0.25, 0.3) is 0 Å². The van der Waals surface area contributed by atoms with E-state index in [-0.39, 0.29) is 11.9 Å². The van der Waals surface area contributed by atoms with Gasteiger partial charge in [0.1, 0.15) is 0 Å². The zero-order valence-electron chi connectivity index (χ0n) is 13.4. The molecule has 118 valence electrons. The van der Waals surface area contributed by atoms with Gasteiger partial charge in [0.15, 0.2) is 0 Å². The molecule has 1 heterocycles. The van der Waals surface area contributed by atoms with Gasteiger partial charge in [0.05, 0.1) is 12.7 Å². The zero-order valence-corrected chi connectivity index (χ0v) is 13.4. The number of carbonyl (C=O) groups is 1. The molecule has 0 spiro atoms. The second-order valence-corrected chi connectivity index (χ2v) is 6.36. The van der Waals surface area contributed by atoms with E-state index in [9.17, 15) is 4.79 Å². The van der Waals surface area contributed by atoms with Crippen LogP contribution in [0.25, 0.3) is 0 Å². The number of hydrogen-bond acceptors (Lipinski definition) is 3. The Morgan fingerprint density at radius 3 is 2.60 bits per heavy atom. The summed E-state index contributed by atoms with van der Waals surface area (Å²) in [6.45, 7) is 9.18. The molecule has 1 atom stereocenters. The van der Waals surface area contributed by atoms with Gasteiger partial charge in [-0.2, -0.15) is 0 Å². The Bertz CT molecular complexity index is 263. The van der Waals surface area contributed by atoms with E-state index in [1.54, 1.807) is 0 Å². The van der Waals surface area contributed by atoms with Crippen molar-refractivity contribution in [2.24, 2.45) is 5.92 Å². The standard InChI is InChI=1S/C16H32N2O2/c1-13(2)5-4-6-14(3)18-16(19)9-12-20-15-7-10-17-11-8-15/h13-15,17H,4-12H2,1-3H3,(H,18,19). The molecule has 1 aliphatic heterocycles. The van der Waals surface area contributed by atoms with E-state index in [4.69, 9.17) is 4.74 Å². The number of hydrogen-bond donors (Lipinski definition) is 2. The van der Waals surface area contributed by atoms with E-state index in [0.29, 0.717) is 19.1 Å². The van der Waals surface area contributed by atoms with Gasteiger partial charge in [-0.15, -0.1) is 0 Å². The van der Waals surface area contributed by atoms with Gasteiger partial charge in [0, 0.05) is 12.5 Å². The molecule has 1 amide bonds. The highest BCUT2D eigenvalue weighted by atomic mass is 16.5. The molecular weight excluding hydrogens is 252 g/mol. The number of piperidine rings is 1. The molecule has 1 fully saturated rings. The fraction of sp³-hybridized carbons (Fsp3) is 0.938. The van der Waals surface area contributed by atoms with Crippen LogP contribution in [0, 0.1) is 5.92 Å². The Morgan fingerprint density at radius 1 is 1.25 bits per heavy atom. The van der Waals surface area contributed by atoms with E-state index in [2.05, 4.69) is 31.4 Å². The first-order valence-corrected chi connectivity index (χ1v) is 8.19. The molecule has 0 aliphatic carbocycles. The third-order valence-electron chi connectivity index (χ3n) is 3.79. The lowest BCUT2D eigenvalue weighted by Gasteiger charge is -2.23. The van der Waals surface area contributed by atoms with Crippen molar-refractivity contribution in [2.75, 3.05) is 19.7 Å². The van der Waals surface area contributed by atoms with Gasteiger partial charge in [-0.3, -0.25) is 4.79 Å². The number of amides is 1. The number of ether oxygens (including phenoxy) is 1. The Hall–Kier alpha value is -0.610. The van der Waals surface area contributed by atoms with Crippen molar-refractivity contribution < 1.29 is 9.53 Å². The number of rotatable bonds is 9. The van der Waals surface area contributed by atoms with Gasteiger partial charge in [-0.05, 0) is 45.2 Å². The van der Waals surface area contributed by atoms with Crippen molar-refractivity contribution in [3.63, 3.8) is 0 Å². The molecule has 0 aromatic rings. The summed E-state index contributed by atoms with van der Waals surface area (Å²) in [5.74, 6) is 0.868. The third kappa shape index (κ3) is 8.54. The Balaban J connectivity index is 2.01. The lowest BCUT2D eigenvalue weighted by Crippen LogP contribution is -2.35. The minimum Gasteiger partial charge on any atom is -0.378 e. The second kappa shape index (κ2) is 10.2. The summed E-state index contributed by atoms with van der Waals surface area (Å²) < 4.78 is 5.75. The molecule has 0 aromatic heterocycles. The fourth-order valence-corrected chi connectivity index (χ4v) is 2.53. The maximum Gasteiger partial charge on any atom is 0.222 e. The van der Waals surface area contributed by atoms with Crippen molar-refractivity contribution in [2.45, 2.75) is 71.4 Å². The van der Waals surface area contributed by atoms with Crippen molar-refractivity contribution in [1.29, 1.82) is 0 Å². The Morgan fingerprint density at radius 2 is 1.95 bits per heavy atom. The molecule has 0 aromatic carbocycles. The summed E-state index contributed by atoms with van der Waals surface area (Å²) in [5, 5.41) is 6.37. The third-order valence-corrected chi connectivity index (χ3v) is 3.79.